The molecule has 0 unspecified atom stereocenters. The standard InChI is InChI=1S/C18H25NO.C13H19ClN2O2/c1-19-10-9-18-8-4-3-5-15(18)17(19)11-13-6-7-14(20-2)12-16(13)18;1-3-16(4-2)9-10-18-13(17)11-5-7-12(15-14)8-6-11/h6-7,12,15,17H,3-5,8-11H2,1-2H3;5-8,15H,3-4,9-10H2,1-2H3/t15-,17-,18-;/m1./s1. The zero-order valence-corrected chi connectivity index (χ0v) is 24.2. The van der Waals surface area contributed by atoms with Crippen molar-refractivity contribution in [2.45, 2.75) is 63.8 Å². The Morgan fingerprint density at radius 1 is 1.13 bits per heavy atom. The molecule has 1 saturated carbocycles. The molecule has 7 heteroatoms. The smallest absolute Gasteiger partial charge is 0.338 e. The summed E-state index contributed by atoms with van der Waals surface area (Å²) < 4.78 is 10.7. The van der Waals surface area contributed by atoms with Crippen LogP contribution in [0.3, 0.4) is 0 Å². The number of nitrogens with zero attached hydrogens (tertiary/aromatic N) is 2. The molecule has 2 aliphatic carbocycles. The molecule has 6 nitrogen and oxygen atoms in total. The van der Waals surface area contributed by atoms with Crippen LogP contribution in [0.1, 0.15) is 67.4 Å². The minimum atomic E-state index is -0.303. The summed E-state index contributed by atoms with van der Waals surface area (Å²) in [6.45, 7) is 8.54. The molecule has 208 valence electrons. The van der Waals surface area contributed by atoms with Crippen molar-refractivity contribution in [2.75, 3.05) is 51.8 Å². The lowest BCUT2D eigenvalue weighted by molar-refractivity contribution is 0.00274. The lowest BCUT2D eigenvalue weighted by Crippen LogP contribution is -2.59. The maximum atomic E-state index is 11.7. The van der Waals surface area contributed by atoms with Crippen LogP contribution < -0.4 is 9.57 Å². The fourth-order valence-electron chi connectivity index (χ4n) is 6.86. The number of halogens is 1. The molecule has 1 heterocycles. The minimum absolute atomic E-state index is 0.303. The zero-order valence-electron chi connectivity index (χ0n) is 23.5. The van der Waals surface area contributed by atoms with E-state index >= 15 is 0 Å². The van der Waals surface area contributed by atoms with Gasteiger partial charge in [-0.25, -0.2) is 4.79 Å². The van der Waals surface area contributed by atoms with E-state index in [1.165, 1.54) is 45.1 Å². The summed E-state index contributed by atoms with van der Waals surface area (Å²) in [4.78, 5) is 19.0. The summed E-state index contributed by atoms with van der Waals surface area (Å²) >= 11 is 5.44. The molecule has 2 aromatic rings. The molecule has 1 N–H and O–H groups in total. The SMILES string of the molecule is CCN(CC)CCOC(=O)c1ccc(NCl)cc1.COc1ccc2c(c1)[C@@]13CCCC[C@@H]1[C@@H](C2)N(C)CC3. The van der Waals surface area contributed by atoms with Crippen LogP contribution in [0.4, 0.5) is 5.69 Å². The number of ether oxygens (including phenoxy) is 2. The van der Waals surface area contributed by atoms with Gasteiger partial charge in [-0.2, -0.15) is 0 Å². The third-order valence-corrected chi connectivity index (χ3v) is 9.30. The minimum Gasteiger partial charge on any atom is -0.497 e. The molecule has 0 aromatic heterocycles. The van der Waals surface area contributed by atoms with Gasteiger partial charge in [-0.15, -0.1) is 0 Å². The molecule has 38 heavy (non-hydrogen) atoms. The Morgan fingerprint density at radius 2 is 1.89 bits per heavy atom. The Hall–Kier alpha value is -2.28. The number of methoxy groups -OCH3 is 1. The number of carbonyl (C=O) groups is 1. The average molecular weight is 542 g/mol. The van der Waals surface area contributed by atoms with Crippen LogP contribution in [0.5, 0.6) is 5.75 Å². The fourth-order valence-corrected chi connectivity index (χ4v) is 6.99. The number of nitrogens with one attached hydrogen (secondary N) is 1. The molecule has 0 amide bonds. The topological polar surface area (TPSA) is 54.0 Å². The van der Waals surface area contributed by atoms with Crippen LogP contribution in [0, 0.1) is 5.92 Å². The number of benzene rings is 2. The van der Waals surface area contributed by atoms with Crippen LogP contribution in [0.15, 0.2) is 42.5 Å². The van der Waals surface area contributed by atoms with Crippen molar-refractivity contribution in [3.05, 3.63) is 59.2 Å². The van der Waals surface area contributed by atoms with Gasteiger partial charge in [0, 0.05) is 35.5 Å². The highest BCUT2D eigenvalue weighted by Crippen LogP contribution is 2.55. The molecule has 2 aromatic carbocycles. The van der Waals surface area contributed by atoms with Crippen LogP contribution in [-0.4, -0.2) is 68.8 Å². The van der Waals surface area contributed by atoms with Gasteiger partial charge in [-0.3, -0.25) is 4.84 Å². The van der Waals surface area contributed by atoms with Crippen molar-refractivity contribution < 1.29 is 14.3 Å². The van der Waals surface area contributed by atoms with E-state index in [-0.39, 0.29) is 5.97 Å². The summed E-state index contributed by atoms with van der Waals surface area (Å²) in [5.74, 6) is 1.61. The molecule has 3 aliphatic rings. The van der Waals surface area contributed by atoms with Crippen molar-refractivity contribution in [2.24, 2.45) is 5.92 Å². The number of esters is 1. The Balaban J connectivity index is 0.000000179. The maximum Gasteiger partial charge on any atom is 0.338 e. The Morgan fingerprint density at radius 3 is 2.58 bits per heavy atom. The first kappa shape index (κ1) is 28.7. The lowest BCUT2D eigenvalue weighted by Gasteiger charge is -2.58. The van der Waals surface area contributed by atoms with Crippen LogP contribution >= 0.6 is 11.8 Å². The number of carbonyl (C=O) groups excluding carboxylic acids is 1. The van der Waals surface area contributed by atoms with E-state index in [1.54, 1.807) is 42.5 Å². The second kappa shape index (κ2) is 13.2. The van der Waals surface area contributed by atoms with Gasteiger partial charge >= 0.3 is 5.97 Å². The number of hydrogen-bond donors (Lipinski definition) is 1. The van der Waals surface area contributed by atoms with Crippen LogP contribution in [0.25, 0.3) is 0 Å². The van der Waals surface area contributed by atoms with E-state index in [9.17, 15) is 4.79 Å². The van der Waals surface area contributed by atoms with Gasteiger partial charge in [-0.05, 0) is 106 Å². The lowest BCUT2D eigenvalue weighted by atomic mass is 9.52. The van der Waals surface area contributed by atoms with Crippen LogP contribution in [0.2, 0.25) is 0 Å². The molecule has 1 aliphatic heterocycles. The monoisotopic (exact) mass is 541 g/mol. The molecule has 0 radical (unpaired) electrons. The molecular weight excluding hydrogens is 498 g/mol. The van der Waals surface area contributed by atoms with Crippen molar-refractivity contribution in [3.63, 3.8) is 0 Å². The number of likely N-dealkylation sites (N-methyl/N-ethyl adjacent to an activating group) is 2. The first-order chi connectivity index (χ1) is 18.4. The zero-order chi connectivity index (χ0) is 27.1. The van der Waals surface area contributed by atoms with Crippen molar-refractivity contribution in [1.29, 1.82) is 0 Å². The molecule has 2 bridgehead atoms. The third kappa shape index (κ3) is 6.13. The van der Waals surface area contributed by atoms with Crippen molar-refractivity contribution >= 4 is 23.4 Å². The van der Waals surface area contributed by atoms with E-state index in [0.717, 1.165) is 43.0 Å². The van der Waals surface area contributed by atoms with Gasteiger partial charge in [0.2, 0.25) is 0 Å². The predicted molar refractivity (Wildman–Crippen MR) is 155 cm³/mol. The van der Waals surface area contributed by atoms with E-state index < -0.39 is 0 Å². The van der Waals surface area contributed by atoms with Crippen molar-refractivity contribution in [3.8, 4) is 5.75 Å². The van der Waals surface area contributed by atoms with E-state index in [0.29, 0.717) is 17.6 Å². The van der Waals surface area contributed by atoms with E-state index in [4.69, 9.17) is 21.3 Å². The Labute approximate surface area is 233 Å². The largest absolute Gasteiger partial charge is 0.497 e. The molecule has 2 fully saturated rings. The number of piperidine rings is 1. The summed E-state index contributed by atoms with van der Waals surface area (Å²) in [5, 5.41) is 0. The Kier molecular flexibility index (Phi) is 9.97. The van der Waals surface area contributed by atoms with Gasteiger partial charge in [0.05, 0.1) is 12.7 Å². The fraction of sp³-hybridized carbons (Fsp3) is 0.581. The highest BCUT2D eigenvalue weighted by atomic mass is 35.5. The van der Waals surface area contributed by atoms with Crippen molar-refractivity contribution in [1.82, 2.24) is 9.80 Å². The highest BCUT2D eigenvalue weighted by molar-refractivity contribution is 6.23. The molecule has 5 rings (SSSR count). The number of rotatable bonds is 8. The second-order valence-electron chi connectivity index (χ2n) is 10.9. The molecular formula is C31H44ClN3O3. The maximum absolute atomic E-state index is 11.7. The summed E-state index contributed by atoms with van der Waals surface area (Å²) in [6.07, 6.45) is 8.22. The first-order valence-electron chi connectivity index (χ1n) is 14.2. The van der Waals surface area contributed by atoms with Crippen LogP contribution in [-0.2, 0) is 16.6 Å². The van der Waals surface area contributed by atoms with E-state index in [2.05, 4.69) is 53.7 Å². The number of hydrogen-bond acceptors (Lipinski definition) is 6. The average Bonchev–Trinajstić information content (AvgIpc) is 2.97. The summed E-state index contributed by atoms with van der Waals surface area (Å²) in [5.41, 5.74) is 4.95. The molecule has 0 spiro atoms. The third-order valence-electron chi connectivity index (χ3n) is 9.09. The van der Waals surface area contributed by atoms with Gasteiger partial charge in [0.25, 0.3) is 0 Å². The number of likely N-dealkylation sites (tertiary alicyclic amines) is 1. The van der Waals surface area contributed by atoms with Gasteiger partial charge in [0.1, 0.15) is 12.4 Å². The predicted octanol–water partition coefficient (Wildman–Crippen LogP) is 6.13. The number of anilines is 1. The Bertz CT molecular complexity index is 1060. The number of fused-ring (bicyclic) bond motifs is 1. The summed E-state index contributed by atoms with van der Waals surface area (Å²) in [6, 6.07) is 14.4. The highest BCUT2D eigenvalue weighted by Gasteiger charge is 2.53. The second-order valence-corrected chi connectivity index (χ2v) is 11.1. The quantitative estimate of drug-likeness (QED) is 0.320. The first-order valence-corrected chi connectivity index (χ1v) is 14.6. The van der Waals surface area contributed by atoms with Gasteiger partial charge in [-0.1, -0.05) is 32.8 Å². The molecule has 1 saturated heterocycles. The molecule has 3 atom stereocenters. The normalized spacial score (nSPS) is 23.9. The summed E-state index contributed by atoms with van der Waals surface area (Å²) in [7, 11) is 4.12. The van der Waals surface area contributed by atoms with Gasteiger partial charge in [0.15, 0.2) is 0 Å². The van der Waals surface area contributed by atoms with Gasteiger partial charge < -0.3 is 19.3 Å². The van der Waals surface area contributed by atoms with E-state index in [1.807, 2.05) is 0 Å².